The Labute approximate surface area is 207 Å². The van der Waals surface area contributed by atoms with E-state index in [1.807, 2.05) is 18.2 Å². The van der Waals surface area contributed by atoms with Gasteiger partial charge in [0.25, 0.3) is 5.78 Å². The van der Waals surface area contributed by atoms with Gasteiger partial charge in [0.1, 0.15) is 11.5 Å². The number of hydrogen-bond donors (Lipinski definition) is 0. The van der Waals surface area contributed by atoms with E-state index in [2.05, 4.69) is 18.0 Å². The number of rotatable bonds is 6. The van der Waals surface area contributed by atoms with Crippen molar-refractivity contribution in [1.29, 1.82) is 0 Å². The number of methoxy groups -OCH3 is 1. The molecule has 0 spiro atoms. The topological polar surface area (TPSA) is 65.5 Å². The number of nitrogens with zero attached hydrogens (tertiary/aromatic N) is 1. The zero-order chi connectivity index (χ0) is 25.9. The summed E-state index contributed by atoms with van der Waals surface area (Å²) in [5.41, 5.74) is 2.75. The second kappa shape index (κ2) is 10.5. The average Bonchev–Trinajstić information content (AvgIpc) is 2.86. The van der Waals surface area contributed by atoms with Crippen LogP contribution in [-0.4, -0.2) is 36.4 Å². The van der Waals surface area contributed by atoms with E-state index in [4.69, 9.17) is 9.47 Å². The van der Waals surface area contributed by atoms with Gasteiger partial charge in [0.2, 0.25) is 0 Å². The van der Waals surface area contributed by atoms with Crippen LogP contribution >= 0.6 is 0 Å². The van der Waals surface area contributed by atoms with Crippen LogP contribution < -0.4 is 9.47 Å². The summed E-state index contributed by atoms with van der Waals surface area (Å²) in [6.07, 6.45) is 0.0964. The number of carbonyl (C=O) groups excluding carboxylic acids is 2. The van der Waals surface area contributed by atoms with Crippen LogP contribution in [0.4, 0.5) is 13.2 Å². The quantitative estimate of drug-likeness (QED) is 0.371. The highest BCUT2D eigenvalue weighted by Crippen LogP contribution is 2.35. The van der Waals surface area contributed by atoms with Gasteiger partial charge >= 0.3 is 6.18 Å². The average molecular weight is 498 g/mol. The van der Waals surface area contributed by atoms with Gasteiger partial charge in [-0.25, -0.2) is 0 Å². The molecule has 5 nitrogen and oxygen atoms in total. The molecule has 188 valence electrons. The van der Waals surface area contributed by atoms with Crippen molar-refractivity contribution < 1.29 is 32.2 Å². The fourth-order valence-electron chi connectivity index (χ4n) is 4.50. The first kappa shape index (κ1) is 25.4. The first-order chi connectivity index (χ1) is 17.2. The second-order valence-electron chi connectivity index (χ2n) is 9.05. The van der Waals surface area contributed by atoms with Gasteiger partial charge in [-0.15, -0.1) is 0 Å². The van der Waals surface area contributed by atoms with Crippen molar-refractivity contribution in [1.82, 2.24) is 4.98 Å². The van der Waals surface area contributed by atoms with E-state index in [9.17, 15) is 22.8 Å². The summed E-state index contributed by atoms with van der Waals surface area (Å²) in [6.45, 7) is 2.55. The van der Waals surface area contributed by atoms with Crippen LogP contribution in [-0.2, 0) is 6.42 Å². The van der Waals surface area contributed by atoms with Gasteiger partial charge in [-0.1, -0.05) is 37.3 Å². The highest BCUT2D eigenvalue weighted by atomic mass is 19.4. The molecule has 2 unspecified atom stereocenters. The Kier molecular flexibility index (Phi) is 7.43. The molecule has 1 aliphatic rings. The largest absolute Gasteiger partial charge is 0.495 e. The summed E-state index contributed by atoms with van der Waals surface area (Å²) in [5.74, 6) is -0.412. The van der Waals surface area contributed by atoms with Gasteiger partial charge in [0.15, 0.2) is 5.78 Å². The molecule has 0 N–H and O–H groups in total. The molecule has 3 aromatic rings. The fraction of sp³-hybridized carbons (Fsp3) is 0.321. The van der Waals surface area contributed by atoms with Gasteiger partial charge in [0.05, 0.1) is 19.9 Å². The molecule has 0 saturated heterocycles. The van der Waals surface area contributed by atoms with Gasteiger partial charge < -0.3 is 9.47 Å². The van der Waals surface area contributed by atoms with Gasteiger partial charge in [-0.05, 0) is 54.0 Å². The standard InChI is InChI=1S/C28H26F3NO4/c1-17-11-22-12-21(23-13-24(35-2)16-32-15-23)7-8-26(22)36-10-9-20(17)14-25(33)18-3-5-19(6-4-18)27(34)28(29,30)31/h3-8,12-13,15-17,20H,9-11,14H2,1-2H3. The van der Waals surface area contributed by atoms with E-state index in [-0.39, 0.29) is 29.6 Å². The highest BCUT2D eigenvalue weighted by Gasteiger charge is 2.39. The third kappa shape index (κ3) is 5.75. The Morgan fingerprint density at radius 2 is 1.75 bits per heavy atom. The van der Waals surface area contributed by atoms with Crippen LogP contribution in [0.5, 0.6) is 11.5 Å². The van der Waals surface area contributed by atoms with E-state index < -0.39 is 17.5 Å². The molecule has 2 heterocycles. The summed E-state index contributed by atoms with van der Waals surface area (Å²) in [6, 6.07) is 12.6. The van der Waals surface area contributed by atoms with Gasteiger partial charge in [-0.2, -0.15) is 13.2 Å². The van der Waals surface area contributed by atoms with Crippen LogP contribution in [0, 0.1) is 11.8 Å². The van der Waals surface area contributed by atoms with Crippen LogP contribution in [0.1, 0.15) is 46.0 Å². The monoisotopic (exact) mass is 497 g/mol. The minimum Gasteiger partial charge on any atom is -0.495 e. The summed E-state index contributed by atoms with van der Waals surface area (Å²) >= 11 is 0. The zero-order valence-electron chi connectivity index (χ0n) is 20.0. The second-order valence-corrected chi connectivity index (χ2v) is 9.05. The van der Waals surface area contributed by atoms with Crippen LogP contribution in [0.15, 0.2) is 60.9 Å². The van der Waals surface area contributed by atoms with Gasteiger partial charge in [0, 0.05) is 29.3 Å². The van der Waals surface area contributed by atoms with Crippen molar-refractivity contribution in [2.75, 3.05) is 13.7 Å². The summed E-state index contributed by atoms with van der Waals surface area (Å²) in [5, 5.41) is 0. The highest BCUT2D eigenvalue weighted by molar-refractivity contribution is 6.02. The lowest BCUT2D eigenvalue weighted by Crippen LogP contribution is -2.24. The maximum absolute atomic E-state index is 12.9. The van der Waals surface area contributed by atoms with Gasteiger partial charge in [-0.3, -0.25) is 14.6 Å². The molecule has 0 amide bonds. The fourth-order valence-corrected chi connectivity index (χ4v) is 4.50. The molecule has 36 heavy (non-hydrogen) atoms. The van der Waals surface area contributed by atoms with Crippen molar-refractivity contribution in [3.63, 3.8) is 0 Å². The maximum atomic E-state index is 12.9. The number of hydrogen-bond acceptors (Lipinski definition) is 5. The molecule has 0 bridgehead atoms. The molecule has 0 saturated carbocycles. The number of fused-ring (bicyclic) bond motifs is 1. The lowest BCUT2D eigenvalue weighted by atomic mass is 9.81. The lowest BCUT2D eigenvalue weighted by molar-refractivity contribution is -0.0885. The SMILES string of the molecule is COc1cncc(-c2ccc3c(c2)CC(C)C(CC(=O)c2ccc(C(=O)C(F)(F)F)cc2)CCO3)c1. The number of benzene rings is 2. The number of ether oxygens (including phenoxy) is 2. The maximum Gasteiger partial charge on any atom is 0.454 e. The summed E-state index contributed by atoms with van der Waals surface area (Å²) in [7, 11) is 1.59. The number of halogens is 3. The Bertz CT molecular complexity index is 1250. The Morgan fingerprint density at radius 1 is 1.03 bits per heavy atom. The van der Waals surface area contributed by atoms with Crippen LogP contribution in [0.2, 0.25) is 0 Å². The molecular formula is C28H26F3NO4. The normalized spacial score (nSPS) is 17.8. The van der Waals surface area contributed by atoms with Crippen molar-refractivity contribution in [2.24, 2.45) is 11.8 Å². The van der Waals surface area contributed by atoms with Crippen molar-refractivity contribution in [2.45, 2.75) is 32.4 Å². The smallest absolute Gasteiger partial charge is 0.454 e. The molecule has 0 fully saturated rings. The number of carbonyl (C=O) groups is 2. The molecule has 4 rings (SSSR count). The molecule has 1 aromatic heterocycles. The van der Waals surface area contributed by atoms with E-state index in [0.717, 1.165) is 34.6 Å². The zero-order valence-corrected chi connectivity index (χ0v) is 20.0. The number of pyridine rings is 1. The van der Waals surface area contributed by atoms with Crippen molar-refractivity contribution in [3.05, 3.63) is 77.6 Å². The van der Waals surface area contributed by atoms with E-state index in [0.29, 0.717) is 25.2 Å². The molecule has 0 radical (unpaired) electrons. The molecule has 2 aromatic carbocycles. The number of Topliss-reactive ketones (excluding diaryl/α,β-unsaturated/α-hetero) is 2. The minimum atomic E-state index is -4.95. The number of ketones is 2. The Morgan fingerprint density at radius 3 is 2.44 bits per heavy atom. The van der Waals surface area contributed by atoms with E-state index in [1.165, 1.54) is 12.1 Å². The first-order valence-corrected chi connectivity index (χ1v) is 11.7. The summed E-state index contributed by atoms with van der Waals surface area (Å²) in [4.78, 5) is 28.5. The predicted octanol–water partition coefficient (Wildman–Crippen LogP) is 6.35. The Hall–Kier alpha value is -3.68. The van der Waals surface area contributed by atoms with E-state index >= 15 is 0 Å². The van der Waals surface area contributed by atoms with E-state index in [1.54, 1.807) is 19.5 Å². The minimum absolute atomic E-state index is 0.0317. The number of aromatic nitrogens is 1. The lowest BCUT2D eigenvalue weighted by Gasteiger charge is -2.28. The third-order valence-electron chi connectivity index (χ3n) is 6.61. The van der Waals surface area contributed by atoms with Crippen LogP contribution in [0.3, 0.4) is 0 Å². The molecule has 8 heteroatoms. The van der Waals surface area contributed by atoms with Crippen LogP contribution in [0.25, 0.3) is 11.1 Å². The molecule has 2 atom stereocenters. The Balaban J connectivity index is 1.47. The predicted molar refractivity (Wildman–Crippen MR) is 128 cm³/mol. The number of alkyl halides is 3. The third-order valence-corrected chi connectivity index (χ3v) is 6.61. The summed E-state index contributed by atoms with van der Waals surface area (Å²) < 4.78 is 49.2. The molecule has 1 aliphatic heterocycles. The van der Waals surface area contributed by atoms with Crippen molar-refractivity contribution in [3.8, 4) is 22.6 Å². The first-order valence-electron chi connectivity index (χ1n) is 11.7. The molecule has 0 aliphatic carbocycles. The van der Waals surface area contributed by atoms with Crippen molar-refractivity contribution >= 4 is 11.6 Å². The molecular weight excluding hydrogens is 471 g/mol.